The van der Waals surface area contributed by atoms with Gasteiger partial charge in [0.05, 0.1) is 26.3 Å². The molecule has 0 spiro atoms. The number of likely N-dealkylation sites (N-methyl/N-ethyl adjacent to an activating group) is 1. The van der Waals surface area contributed by atoms with Crippen LogP contribution in [0.4, 0.5) is 0 Å². The van der Waals surface area contributed by atoms with Crippen molar-refractivity contribution in [2.75, 3.05) is 21.3 Å². The molecule has 5 nitrogen and oxygen atoms in total. The first kappa shape index (κ1) is 19.8. The third kappa shape index (κ3) is 4.76. The Morgan fingerprint density at radius 2 is 1.73 bits per heavy atom. The summed E-state index contributed by atoms with van der Waals surface area (Å²) in [5.74, 6) is 1.38. The first-order valence-corrected chi connectivity index (χ1v) is 8.73. The number of nitrogens with zero attached hydrogens (tertiary/aromatic N) is 1. The molecule has 5 heteroatoms. The zero-order valence-corrected chi connectivity index (χ0v) is 16.2. The van der Waals surface area contributed by atoms with Gasteiger partial charge in [-0.05, 0) is 32.5 Å². The Labute approximate surface area is 155 Å². The minimum Gasteiger partial charge on any atom is -0.493 e. The Morgan fingerprint density at radius 3 is 2.35 bits per heavy atom. The van der Waals surface area contributed by atoms with Crippen LogP contribution in [0, 0.1) is 0 Å². The molecule has 2 atom stereocenters. The Balaban J connectivity index is 2.03. The molecule has 0 bridgehead atoms. The number of nitrogens with one attached hydrogen (secondary N) is 1. The van der Waals surface area contributed by atoms with Gasteiger partial charge in [0.1, 0.15) is 0 Å². The third-order valence-corrected chi connectivity index (χ3v) is 4.60. The maximum Gasteiger partial charge on any atom is 0.237 e. The molecule has 0 aliphatic rings. The molecule has 2 rings (SSSR count). The number of methoxy groups -OCH3 is 2. The monoisotopic (exact) mass is 356 g/mol. The standard InChI is InChI=1S/C21H28N2O3/c1-15(17-10-7-6-8-11-17)22-21(24)16(2)23(3)14-18-12-9-13-19(25-4)20(18)26-5/h6-13,15-16H,14H2,1-5H3,(H,22,24). The summed E-state index contributed by atoms with van der Waals surface area (Å²) in [5.41, 5.74) is 2.07. The van der Waals surface area contributed by atoms with Crippen LogP contribution in [0.25, 0.3) is 0 Å². The summed E-state index contributed by atoms with van der Waals surface area (Å²) in [6.07, 6.45) is 0. The molecule has 2 aromatic rings. The van der Waals surface area contributed by atoms with E-state index >= 15 is 0 Å². The quantitative estimate of drug-likeness (QED) is 0.788. The number of amides is 1. The van der Waals surface area contributed by atoms with E-state index in [2.05, 4.69) is 5.32 Å². The van der Waals surface area contributed by atoms with Gasteiger partial charge >= 0.3 is 0 Å². The van der Waals surface area contributed by atoms with E-state index in [1.807, 2.05) is 74.3 Å². The van der Waals surface area contributed by atoms with Crippen LogP contribution >= 0.6 is 0 Å². The van der Waals surface area contributed by atoms with Crippen LogP contribution in [0.1, 0.15) is 31.0 Å². The summed E-state index contributed by atoms with van der Waals surface area (Å²) in [5, 5.41) is 3.08. The van der Waals surface area contributed by atoms with Crippen molar-refractivity contribution in [3.05, 3.63) is 59.7 Å². The summed E-state index contributed by atoms with van der Waals surface area (Å²) in [7, 11) is 5.17. The highest BCUT2D eigenvalue weighted by molar-refractivity contribution is 5.81. The number of carbonyl (C=O) groups is 1. The minimum absolute atomic E-state index is 0.00860. The van der Waals surface area contributed by atoms with Gasteiger partial charge in [0.2, 0.25) is 5.91 Å². The van der Waals surface area contributed by atoms with Gasteiger partial charge in [-0.1, -0.05) is 42.5 Å². The topological polar surface area (TPSA) is 50.8 Å². The van der Waals surface area contributed by atoms with Gasteiger partial charge in [-0.2, -0.15) is 0 Å². The highest BCUT2D eigenvalue weighted by Gasteiger charge is 2.21. The molecule has 140 valence electrons. The minimum atomic E-state index is -0.280. The van der Waals surface area contributed by atoms with Gasteiger partial charge in [0.15, 0.2) is 11.5 Å². The van der Waals surface area contributed by atoms with Crippen molar-refractivity contribution in [3.8, 4) is 11.5 Å². The molecule has 0 saturated carbocycles. The van der Waals surface area contributed by atoms with Crippen LogP contribution in [0.2, 0.25) is 0 Å². The Bertz CT molecular complexity index is 718. The van der Waals surface area contributed by atoms with E-state index in [4.69, 9.17) is 9.47 Å². The predicted octanol–water partition coefficient (Wildman–Crippen LogP) is 3.40. The van der Waals surface area contributed by atoms with Crippen molar-refractivity contribution < 1.29 is 14.3 Å². The molecule has 1 N–H and O–H groups in total. The summed E-state index contributed by atoms with van der Waals surface area (Å²) >= 11 is 0. The highest BCUT2D eigenvalue weighted by atomic mass is 16.5. The maximum atomic E-state index is 12.6. The van der Waals surface area contributed by atoms with Crippen LogP contribution in [0.15, 0.2) is 48.5 Å². The highest BCUT2D eigenvalue weighted by Crippen LogP contribution is 2.31. The van der Waals surface area contributed by atoms with Gasteiger partial charge in [-0.3, -0.25) is 9.69 Å². The summed E-state index contributed by atoms with van der Waals surface area (Å²) in [6.45, 7) is 4.47. The normalized spacial score (nSPS) is 13.2. The molecule has 0 fully saturated rings. The summed E-state index contributed by atoms with van der Waals surface area (Å²) in [4.78, 5) is 14.6. The van der Waals surface area contributed by atoms with Crippen LogP contribution < -0.4 is 14.8 Å². The van der Waals surface area contributed by atoms with E-state index in [9.17, 15) is 4.79 Å². The van der Waals surface area contributed by atoms with E-state index < -0.39 is 0 Å². The van der Waals surface area contributed by atoms with E-state index in [1.54, 1.807) is 14.2 Å². The second kappa shape index (κ2) is 9.25. The molecule has 0 heterocycles. The van der Waals surface area contributed by atoms with Crippen molar-refractivity contribution >= 4 is 5.91 Å². The number of ether oxygens (including phenoxy) is 2. The van der Waals surface area contributed by atoms with Crippen LogP contribution in [0.5, 0.6) is 11.5 Å². The first-order valence-electron chi connectivity index (χ1n) is 8.73. The van der Waals surface area contributed by atoms with Gasteiger partial charge in [0.25, 0.3) is 0 Å². The maximum absolute atomic E-state index is 12.6. The predicted molar refractivity (Wildman–Crippen MR) is 103 cm³/mol. The van der Waals surface area contributed by atoms with Crippen LogP contribution in [0.3, 0.4) is 0 Å². The van der Waals surface area contributed by atoms with Crippen molar-refractivity contribution in [1.29, 1.82) is 0 Å². The fraction of sp³-hybridized carbons (Fsp3) is 0.381. The third-order valence-electron chi connectivity index (χ3n) is 4.60. The molecule has 0 aliphatic heterocycles. The smallest absolute Gasteiger partial charge is 0.237 e. The Hall–Kier alpha value is -2.53. The lowest BCUT2D eigenvalue weighted by Gasteiger charge is -2.26. The fourth-order valence-electron chi connectivity index (χ4n) is 2.84. The lowest BCUT2D eigenvalue weighted by atomic mass is 10.1. The lowest BCUT2D eigenvalue weighted by Crippen LogP contribution is -2.43. The summed E-state index contributed by atoms with van der Waals surface area (Å²) in [6, 6.07) is 15.4. The molecule has 1 amide bonds. The molecule has 0 saturated heterocycles. The fourth-order valence-corrected chi connectivity index (χ4v) is 2.84. The van der Waals surface area contributed by atoms with Crippen LogP contribution in [-0.4, -0.2) is 38.1 Å². The van der Waals surface area contributed by atoms with Gasteiger partial charge in [-0.15, -0.1) is 0 Å². The molecular weight excluding hydrogens is 328 g/mol. The number of rotatable bonds is 8. The van der Waals surface area contributed by atoms with Crippen molar-refractivity contribution in [1.82, 2.24) is 10.2 Å². The molecular formula is C21H28N2O3. The number of para-hydroxylation sites is 1. The number of carbonyl (C=O) groups excluding carboxylic acids is 1. The van der Waals surface area contributed by atoms with E-state index in [0.717, 1.165) is 11.1 Å². The van der Waals surface area contributed by atoms with Gasteiger partial charge in [0, 0.05) is 12.1 Å². The van der Waals surface area contributed by atoms with E-state index in [-0.39, 0.29) is 18.0 Å². The SMILES string of the molecule is COc1cccc(CN(C)C(C)C(=O)NC(C)c2ccccc2)c1OC. The van der Waals surface area contributed by atoms with E-state index in [0.29, 0.717) is 18.0 Å². The second-order valence-corrected chi connectivity index (χ2v) is 6.38. The number of hydrogen-bond donors (Lipinski definition) is 1. The van der Waals surface area contributed by atoms with Crippen LogP contribution in [-0.2, 0) is 11.3 Å². The average molecular weight is 356 g/mol. The molecule has 0 aliphatic carbocycles. The molecule has 0 radical (unpaired) electrons. The average Bonchev–Trinajstić information content (AvgIpc) is 2.67. The molecule has 0 aromatic heterocycles. The molecule has 2 unspecified atom stereocenters. The second-order valence-electron chi connectivity index (χ2n) is 6.38. The van der Waals surface area contributed by atoms with Crippen molar-refractivity contribution in [2.24, 2.45) is 0 Å². The lowest BCUT2D eigenvalue weighted by molar-refractivity contribution is -0.126. The first-order chi connectivity index (χ1) is 12.5. The van der Waals surface area contributed by atoms with Crippen molar-refractivity contribution in [3.63, 3.8) is 0 Å². The zero-order valence-electron chi connectivity index (χ0n) is 16.2. The number of benzene rings is 2. The molecule has 2 aromatic carbocycles. The summed E-state index contributed by atoms with van der Waals surface area (Å²) < 4.78 is 10.8. The zero-order chi connectivity index (χ0) is 19.1. The Kier molecular flexibility index (Phi) is 7.04. The van der Waals surface area contributed by atoms with Gasteiger partial charge < -0.3 is 14.8 Å². The Morgan fingerprint density at radius 1 is 1.04 bits per heavy atom. The van der Waals surface area contributed by atoms with Crippen molar-refractivity contribution in [2.45, 2.75) is 32.5 Å². The van der Waals surface area contributed by atoms with Gasteiger partial charge in [-0.25, -0.2) is 0 Å². The molecule has 26 heavy (non-hydrogen) atoms. The van der Waals surface area contributed by atoms with E-state index in [1.165, 1.54) is 0 Å². The largest absolute Gasteiger partial charge is 0.493 e. The number of hydrogen-bond acceptors (Lipinski definition) is 4.